The van der Waals surface area contributed by atoms with Gasteiger partial charge in [-0.05, 0) is 24.3 Å². The maximum atomic E-state index is 12.3. The molecular formula is C17H20N4O4. The van der Waals surface area contributed by atoms with Crippen LogP contribution in [0.25, 0.3) is 0 Å². The SMILES string of the molecule is COc1ccc(NC(=O)c2ccc(N3CCOCC3)nn2)cc1OC. The second-order valence-electron chi connectivity index (χ2n) is 5.40. The minimum atomic E-state index is -0.340. The van der Waals surface area contributed by atoms with Crippen LogP contribution in [0.4, 0.5) is 11.5 Å². The highest BCUT2D eigenvalue weighted by Gasteiger charge is 2.15. The van der Waals surface area contributed by atoms with E-state index in [0.29, 0.717) is 30.4 Å². The van der Waals surface area contributed by atoms with Gasteiger partial charge >= 0.3 is 0 Å². The molecule has 0 saturated carbocycles. The van der Waals surface area contributed by atoms with E-state index >= 15 is 0 Å². The Morgan fingerprint density at radius 2 is 1.84 bits per heavy atom. The van der Waals surface area contributed by atoms with Gasteiger partial charge in [0, 0.05) is 24.8 Å². The zero-order valence-electron chi connectivity index (χ0n) is 14.2. The number of hydrogen-bond acceptors (Lipinski definition) is 7. The number of carbonyl (C=O) groups is 1. The van der Waals surface area contributed by atoms with Crippen LogP contribution in [0.2, 0.25) is 0 Å². The quantitative estimate of drug-likeness (QED) is 0.881. The average Bonchev–Trinajstić information content (AvgIpc) is 2.68. The van der Waals surface area contributed by atoms with Crippen molar-refractivity contribution in [2.45, 2.75) is 0 Å². The summed E-state index contributed by atoms with van der Waals surface area (Å²) in [4.78, 5) is 14.4. The molecule has 25 heavy (non-hydrogen) atoms. The van der Waals surface area contributed by atoms with Crippen LogP contribution in [-0.2, 0) is 4.74 Å². The van der Waals surface area contributed by atoms with E-state index in [1.54, 1.807) is 44.6 Å². The Morgan fingerprint density at radius 1 is 1.08 bits per heavy atom. The molecule has 1 aliphatic heterocycles. The van der Waals surface area contributed by atoms with E-state index in [1.807, 2.05) is 0 Å². The summed E-state index contributed by atoms with van der Waals surface area (Å²) in [5.74, 6) is 1.53. The molecule has 0 radical (unpaired) electrons. The van der Waals surface area contributed by atoms with E-state index in [1.165, 1.54) is 0 Å². The Labute approximate surface area is 145 Å². The first-order valence-electron chi connectivity index (χ1n) is 7.91. The Balaban J connectivity index is 1.68. The predicted octanol–water partition coefficient (Wildman–Crippen LogP) is 1.58. The molecule has 3 rings (SSSR count). The first-order chi connectivity index (χ1) is 12.2. The highest BCUT2D eigenvalue weighted by atomic mass is 16.5. The van der Waals surface area contributed by atoms with Gasteiger partial charge in [0.25, 0.3) is 5.91 Å². The number of morpholine rings is 1. The zero-order valence-corrected chi connectivity index (χ0v) is 14.2. The molecule has 2 heterocycles. The lowest BCUT2D eigenvalue weighted by Crippen LogP contribution is -2.37. The van der Waals surface area contributed by atoms with E-state index in [-0.39, 0.29) is 11.6 Å². The molecule has 0 spiro atoms. The first-order valence-corrected chi connectivity index (χ1v) is 7.91. The third kappa shape index (κ3) is 3.97. The average molecular weight is 344 g/mol. The molecule has 1 aliphatic rings. The number of ether oxygens (including phenoxy) is 3. The first kappa shape index (κ1) is 17.0. The molecule has 0 bridgehead atoms. The van der Waals surface area contributed by atoms with Gasteiger partial charge in [-0.1, -0.05) is 0 Å². The monoisotopic (exact) mass is 344 g/mol. The van der Waals surface area contributed by atoms with Crippen LogP contribution in [-0.4, -0.2) is 56.6 Å². The summed E-state index contributed by atoms with van der Waals surface area (Å²) in [5.41, 5.74) is 0.827. The van der Waals surface area contributed by atoms with Gasteiger partial charge in [-0.15, -0.1) is 10.2 Å². The summed E-state index contributed by atoms with van der Waals surface area (Å²) in [7, 11) is 3.10. The van der Waals surface area contributed by atoms with Crippen molar-refractivity contribution in [3.63, 3.8) is 0 Å². The number of amides is 1. The summed E-state index contributed by atoms with van der Waals surface area (Å²) in [5, 5.41) is 10.9. The van der Waals surface area contributed by atoms with Crippen LogP contribution in [0.1, 0.15) is 10.5 Å². The Morgan fingerprint density at radius 3 is 2.48 bits per heavy atom. The van der Waals surface area contributed by atoms with Gasteiger partial charge in [-0.2, -0.15) is 0 Å². The predicted molar refractivity (Wildman–Crippen MR) is 92.6 cm³/mol. The van der Waals surface area contributed by atoms with Crippen molar-refractivity contribution < 1.29 is 19.0 Å². The maximum absolute atomic E-state index is 12.3. The van der Waals surface area contributed by atoms with E-state index in [2.05, 4.69) is 20.4 Å². The summed E-state index contributed by atoms with van der Waals surface area (Å²) < 4.78 is 15.7. The minimum absolute atomic E-state index is 0.242. The molecule has 0 atom stereocenters. The summed E-state index contributed by atoms with van der Waals surface area (Å²) in [6, 6.07) is 8.60. The number of rotatable bonds is 5. The molecule has 1 aromatic heterocycles. The second kappa shape index (κ2) is 7.80. The van der Waals surface area contributed by atoms with E-state index in [0.717, 1.165) is 18.9 Å². The van der Waals surface area contributed by atoms with Crippen molar-refractivity contribution in [1.29, 1.82) is 0 Å². The molecule has 1 fully saturated rings. The van der Waals surface area contributed by atoms with Gasteiger partial charge in [0.1, 0.15) is 0 Å². The topological polar surface area (TPSA) is 85.8 Å². The molecule has 0 unspecified atom stereocenters. The fraction of sp³-hybridized carbons (Fsp3) is 0.353. The number of anilines is 2. The van der Waals surface area contributed by atoms with Gasteiger partial charge in [0.15, 0.2) is 23.0 Å². The lowest BCUT2D eigenvalue weighted by atomic mass is 10.2. The number of benzene rings is 1. The number of aromatic nitrogens is 2. The molecule has 1 amide bonds. The Kier molecular flexibility index (Phi) is 5.30. The van der Waals surface area contributed by atoms with Crippen LogP contribution >= 0.6 is 0 Å². The molecule has 1 N–H and O–H groups in total. The van der Waals surface area contributed by atoms with E-state index in [9.17, 15) is 4.79 Å². The minimum Gasteiger partial charge on any atom is -0.493 e. The summed E-state index contributed by atoms with van der Waals surface area (Å²) >= 11 is 0. The maximum Gasteiger partial charge on any atom is 0.276 e. The number of carbonyl (C=O) groups excluding carboxylic acids is 1. The summed E-state index contributed by atoms with van der Waals surface area (Å²) in [6.07, 6.45) is 0. The van der Waals surface area contributed by atoms with Crippen LogP contribution < -0.4 is 19.7 Å². The smallest absolute Gasteiger partial charge is 0.276 e. The standard InChI is InChI=1S/C17H20N4O4/c1-23-14-5-3-12(11-15(14)24-2)18-17(22)13-4-6-16(20-19-13)21-7-9-25-10-8-21/h3-6,11H,7-10H2,1-2H3,(H,18,22). The van der Waals surface area contributed by atoms with Gasteiger partial charge < -0.3 is 24.4 Å². The molecular weight excluding hydrogens is 324 g/mol. The zero-order chi connectivity index (χ0) is 17.6. The van der Waals surface area contributed by atoms with Crippen molar-refractivity contribution in [3.05, 3.63) is 36.0 Å². The highest BCUT2D eigenvalue weighted by Crippen LogP contribution is 2.29. The number of nitrogens with one attached hydrogen (secondary N) is 1. The third-order valence-corrected chi connectivity index (χ3v) is 3.86. The third-order valence-electron chi connectivity index (χ3n) is 3.86. The Hall–Kier alpha value is -2.87. The molecule has 2 aromatic rings. The fourth-order valence-electron chi connectivity index (χ4n) is 2.52. The van der Waals surface area contributed by atoms with Crippen LogP contribution in [0.5, 0.6) is 11.5 Å². The lowest BCUT2D eigenvalue weighted by molar-refractivity contribution is 0.102. The summed E-state index contributed by atoms with van der Waals surface area (Å²) in [6.45, 7) is 2.88. The molecule has 8 heteroatoms. The van der Waals surface area contributed by atoms with Crippen LogP contribution in [0.3, 0.4) is 0 Å². The van der Waals surface area contributed by atoms with E-state index < -0.39 is 0 Å². The largest absolute Gasteiger partial charge is 0.493 e. The van der Waals surface area contributed by atoms with Gasteiger partial charge in [-0.3, -0.25) is 4.79 Å². The van der Waals surface area contributed by atoms with Crippen molar-refractivity contribution in [1.82, 2.24) is 10.2 Å². The van der Waals surface area contributed by atoms with Crippen molar-refractivity contribution >= 4 is 17.4 Å². The molecule has 1 aromatic carbocycles. The van der Waals surface area contributed by atoms with Gasteiger partial charge in [0.2, 0.25) is 0 Å². The van der Waals surface area contributed by atoms with Crippen LogP contribution in [0.15, 0.2) is 30.3 Å². The highest BCUT2D eigenvalue weighted by molar-refractivity contribution is 6.02. The fourth-order valence-corrected chi connectivity index (χ4v) is 2.52. The number of hydrogen-bond donors (Lipinski definition) is 1. The van der Waals surface area contributed by atoms with Crippen LogP contribution in [0, 0.1) is 0 Å². The van der Waals surface area contributed by atoms with Crippen molar-refractivity contribution in [3.8, 4) is 11.5 Å². The van der Waals surface area contributed by atoms with Crippen molar-refractivity contribution in [2.75, 3.05) is 50.7 Å². The molecule has 132 valence electrons. The molecule has 1 saturated heterocycles. The van der Waals surface area contributed by atoms with Gasteiger partial charge in [-0.25, -0.2) is 0 Å². The Bertz CT molecular complexity index is 730. The normalized spacial score (nSPS) is 14.1. The molecule has 0 aliphatic carbocycles. The molecule has 8 nitrogen and oxygen atoms in total. The van der Waals surface area contributed by atoms with Crippen molar-refractivity contribution in [2.24, 2.45) is 0 Å². The van der Waals surface area contributed by atoms with E-state index in [4.69, 9.17) is 14.2 Å². The lowest BCUT2D eigenvalue weighted by Gasteiger charge is -2.27. The van der Waals surface area contributed by atoms with Gasteiger partial charge in [0.05, 0.1) is 27.4 Å². The number of methoxy groups -OCH3 is 2. The second-order valence-corrected chi connectivity index (χ2v) is 5.40. The number of nitrogens with zero attached hydrogens (tertiary/aromatic N) is 3.